The molecule has 0 radical (unpaired) electrons. The number of hydrogen-bond donors (Lipinski definition) is 0. The first-order valence-corrected chi connectivity index (χ1v) is 10.8. The van der Waals surface area contributed by atoms with Crippen LogP contribution in [0.3, 0.4) is 0 Å². The third kappa shape index (κ3) is 6.85. The van der Waals surface area contributed by atoms with Crippen LogP contribution in [0.15, 0.2) is 42.5 Å². The third-order valence-corrected chi connectivity index (χ3v) is 4.96. The molecule has 0 aliphatic heterocycles. The average Bonchev–Trinajstić information content (AvgIpc) is 2.75. The summed E-state index contributed by atoms with van der Waals surface area (Å²) in [5.41, 5.74) is 1.49. The van der Waals surface area contributed by atoms with E-state index in [-0.39, 0.29) is 24.0 Å². The van der Waals surface area contributed by atoms with Crippen molar-refractivity contribution in [2.45, 2.75) is 47.0 Å². The Kier molecular flexibility index (Phi) is 8.31. The van der Waals surface area contributed by atoms with Gasteiger partial charge in [0.25, 0.3) is 0 Å². The Balaban J connectivity index is 2.15. The molecular formula is C27H34O6. The van der Waals surface area contributed by atoms with Crippen LogP contribution in [0.5, 0.6) is 17.2 Å². The average molecular weight is 455 g/mol. The monoisotopic (exact) mass is 454 g/mol. The highest BCUT2D eigenvalue weighted by Crippen LogP contribution is 2.39. The summed E-state index contributed by atoms with van der Waals surface area (Å²) in [4.78, 5) is 24.5. The molecule has 0 saturated heterocycles. The maximum Gasteiger partial charge on any atom is 0.314 e. The summed E-state index contributed by atoms with van der Waals surface area (Å²) in [6.07, 6.45) is 3.21. The number of hydrogen-bond acceptors (Lipinski definition) is 6. The van der Waals surface area contributed by atoms with Gasteiger partial charge in [0, 0.05) is 11.1 Å². The highest BCUT2D eigenvalue weighted by atomic mass is 16.7. The quantitative estimate of drug-likeness (QED) is 0.217. The van der Waals surface area contributed by atoms with E-state index in [1.807, 2.05) is 12.1 Å². The number of carbonyl (C=O) groups is 2. The largest absolute Gasteiger partial charge is 0.496 e. The Labute approximate surface area is 196 Å². The van der Waals surface area contributed by atoms with Gasteiger partial charge in [-0.2, -0.15) is 0 Å². The molecule has 0 aromatic heterocycles. The van der Waals surface area contributed by atoms with Crippen molar-refractivity contribution in [1.29, 1.82) is 0 Å². The molecule has 0 aliphatic rings. The van der Waals surface area contributed by atoms with Gasteiger partial charge in [-0.25, -0.2) is 0 Å². The first-order valence-electron chi connectivity index (χ1n) is 10.8. The molecule has 0 atom stereocenters. The molecule has 178 valence electrons. The third-order valence-electron chi connectivity index (χ3n) is 4.96. The van der Waals surface area contributed by atoms with E-state index in [0.29, 0.717) is 28.4 Å². The first kappa shape index (κ1) is 26.0. The molecule has 0 spiro atoms. The fraction of sp³-hybridized carbons (Fsp3) is 0.407. The molecule has 6 heteroatoms. The number of methoxy groups -OCH3 is 2. The summed E-state index contributed by atoms with van der Waals surface area (Å²) >= 11 is 0. The van der Waals surface area contributed by atoms with Gasteiger partial charge in [-0.1, -0.05) is 26.8 Å². The zero-order valence-electron chi connectivity index (χ0n) is 20.8. The Bertz CT molecular complexity index is 1000. The highest BCUT2D eigenvalue weighted by molar-refractivity contribution is 6.07. The minimum Gasteiger partial charge on any atom is -0.496 e. The van der Waals surface area contributed by atoms with E-state index < -0.39 is 5.41 Å². The molecule has 2 rings (SSSR count). The molecule has 0 aliphatic carbocycles. The van der Waals surface area contributed by atoms with Gasteiger partial charge in [-0.05, 0) is 68.7 Å². The fourth-order valence-corrected chi connectivity index (χ4v) is 3.07. The molecule has 0 saturated carbocycles. The summed E-state index contributed by atoms with van der Waals surface area (Å²) in [6.45, 7) is 11.4. The van der Waals surface area contributed by atoms with E-state index in [2.05, 4.69) is 20.8 Å². The zero-order valence-corrected chi connectivity index (χ0v) is 20.8. The Hall–Kier alpha value is -3.28. The number of allylic oxidation sites excluding steroid dienone is 1. The molecule has 0 fully saturated rings. The smallest absolute Gasteiger partial charge is 0.314 e. The van der Waals surface area contributed by atoms with E-state index >= 15 is 0 Å². The molecule has 0 heterocycles. The molecule has 0 amide bonds. The van der Waals surface area contributed by atoms with Crippen LogP contribution in [0.25, 0.3) is 6.08 Å². The molecule has 0 N–H and O–H groups in total. The predicted molar refractivity (Wildman–Crippen MR) is 129 cm³/mol. The highest BCUT2D eigenvalue weighted by Gasteiger charge is 2.24. The Morgan fingerprint density at radius 3 is 2.03 bits per heavy atom. The number of rotatable bonds is 8. The second-order valence-electron chi connectivity index (χ2n) is 9.68. The van der Waals surface area contributed by atoms with Crippen LogP contribution in [0, 0.1) is 5.41 Å². The molecule has 0 unspecified atom stereocenters. The fourth-order valence-electron chi connectivity index (χ4n) is 3.07. The lowest BCUT2D eigenvalue weighted by atomic mass is 9.85. The van der Waals surface area contributed by atoms with E-state index in [1.54, 1.807) is 65.3 Å². The lowest BCUT2D eigenvalue weighted by molar-refractivity contribution is -0.159. The van der Waals surface area contributed by atoms with Crippen molar-refractivity contribution in [3.05, 3.63) is 59.2 Å². The summed E-state index contributed by atoms with van der Waals surface area (Å²) in [6, 6.07) is 10.5. The van der Waals surface area contributed by atoms with Crippen molar-refractivity contribution in [2.24, 2.45) is 5.41 Å². The maximum atomic E-state index is 12.7. The molecule has 0 bridgehead atoms. The van der Waals surface area contributed by atoms with E-state index in [0.717, 1.165) is 5.56 Å². The van der Waals surface area contributed by atoms with E-state index in [1.165, 1.54) is 6.08 Å². The number of carbonyl (C=O) groups excluding carboxylic acids is 2. The summed E-state index contributed by atoms with van der Waals surface area (Å²) < 4.78 is 21.7. The number of ether oxygens (including phenoxy) is 4. The molecule has 2 aromatic carbocycles. The van der Waals surface area contributed by atoms with Crippen molar-refractivity contribution in [1.82, 2.24) is 0 Å². The normalized spacial score (nSPS) is 11.9. The van der Waals surface area contributed by atoms with Gasteiger partial charge in [0.05, 0.1) is 25.2 Å². The van der Waals surface area contributed by atoms with Gasteiger partial charge in [0.15, 0.2) is 5.78 Å². The molecular weight excluding hydrogens is 420 g/mol. The second-order valence-corrected chi connectivity index (χ2v) is 9.68. The standard InChI is InChI=1S/C27H34O6/c1-26(2,3)21-14-16-23(30-7)20(24(21)31-8)13-15-22(28)18-9-11-19(12-10-18)32-17-33-25(29)27(4,5)6/h9-16H,17H2,1-8H3/b15-13+. The Morgan fingerprint density at radius 2 is 1.52 bits per heavy atom. The van der Waals surface area contributed by atoms with Crippen LogP contribution in [-0.2, 0) is 14.9 Å². The zero-order chi connectivity index (χ0) is 24.8. The van der Waals surface area contributed by atoms with E-state index in [4.69, 9.17) is 18.9 Å². The van der Waals surface area contributed by atoms with Crippen molar-refractivity contribution < 1.29 is 28.5 Å². The number of ketones is 1. The summed E-state index contributed by atoms with van der Waals surface area (Å²) in [5.74, 6) is 1.28. The molecule has 33 heavy (non-hydrogen) atoms. The lowest BCUT2D eigenvalue weighted by Gasteiger charge is -2.24. The van der Waals surface area contributed by atoms with Crippen LogP contribution in [0.2, 0.25) is 0 Å². The number of esters is 1. The van der Waals surface area contributed by atoms with Crippen LogP contribution in [-0.4, -0.2) is 32.8 Å². The number of benzene rings is 2. The first-order chi connectivity index (χ1) is 15.4. The predicted octanol–water partition coefficient (Wildman–Crippen LogP) is 5.82. The van der Waals surface area contributed by atoms with Crippen molar-refractivity contribution in [2.75, 3.05) is 21.0 Å². The van der Waals surface area contributed by atoms with Crippen LogP contribution in [0.4, 0.5) is 0 Å². The van der Waals surface area contributed by atoms with Crippen molar-refractivity contribution in [3.8, 4) is 17.2 Å². The van der Waals surface area contributed by atoms with Gasteiger partial charge in [0.1, 0.15) is 17.2 Å². The van der Waals surface area contributed by atoms with Gasteiger partial charge >= 0.3 is 5.97 Å². The van der Waals surface area contributed by atoms with Gasteiger partial charge < -0.3 is 18.9 Å². The SMILES string of the molecule is COc1ccc(C(C)(C)C)c(OC)c1/C=C/C(=O)c1ccc(OCOC(=O)C(C)(C)C)cc1. The Morgan fingerprint density at radius 1 is 0.879 bits per heavy atom. The summed E-state index contributed by atoms with van der Waals surface area (Å²) in [5, 5.41) is 0. The van der Waals surface area contributed by atoms with Crippen molar-refractivity contribution in [3.63, 3.8) is 0 Å². The maximum absolute atomic E-state index is 12.7. The van der Waals surface area contributed by atoms with Gasteiger partial charge in [-0.15, -0.1) is 0 Å². The molecule has 2 aromatic rings. The summed E-state index contributed by atoms with van der Waals surface area (Å²) in [7, 11) is 3.20. The minimum absolute atomic E-state index is 0.138. The minimum atomic E-state index is -0.594. The lowest BCUT2D eigenvalue weighted by Crippen LogP contribution is -2.24. The van der Waals surface area contributed by atoms with Gasteiger partial charge in [-0.3, -0.25) is 9.59 Å². The van der Waals surface area contributed by atoms with Crippen LogP contribution >= 0.6 is 0 Å². The second kappa shape index (κ2) is 10.6. The van der Waals surface area contributed by atoms with Gasteiger partial charge in [0.2, 0.25) is 6.79 Å². The molecule has 6 nitrogen and oxygen atoms in total. The van der Waals surface area contributed by atoms with Crippen molar-refractivity contribution >= 4 is 17.8 Å². The van der Waals surface area contributed by atoms with E-state index in [9.17, 15) is 9.59 Å². The van der Waals surface area contributed by atoms with Crippen LogP contribution < -0.4 is 14.2 Å². The topological polar surface area (TPSA) is 71.1 Å². The van der Waals surface area contributed by atoms with Crippen LogP contribution in [0.1, 0.15) is 63.0 Å².